The van der Waals surface area contributed by atoms with E-state index < -0.39 is 10.0 Å². The zero-order valence-corrected chi connectivity index (χ0v) is 13.3. The number of carbonyl (C=O) groups excluding carboxylic acids is 1. The van der Waals surface area contributed by atoms with Crippen molar-refractivity contribution in [2.24, 2.45) is 5.92 Å². The van der Waals surface area contributed by atoms with Crippen LogP contribution in [0.1, 0.15) is 12.8 Å². The monoisotopic (exact) mass is 324 g/mol. The third-order valence-electron chi connectivity index (χ3n) is 4.35. The molecule has 1 aromatic carbocycles. The minimum atomic E-state index is -3.45. The lowest BCUT2D eigenvalue weighted by molar-refractivity contribution is -0.123. The van der Waals surface area contributed by atoms with Crippen molar-refractivity contribution in [2.45, 2.75) is 29.9 Å². The van der Waals surface area contributed by atoms with Gasteiger partial charge in [-0.3, -0.25) is 4.79 Å². The number of nitrogens with one attached hydrogen (secondary N) is 1. The van der Waals surface area contributed by atoms with Gasteiger partial charge in [-0.1, -0.05) is 18.2 Å². The van der Waals surface area contributed by atoms with E-state index in [0.29, 0.717) is 24.4 Å². The second-order valence-corrected chi connectivity index (χ2v) is 7.74. The van der Waals surface area contributed by atoms with Gasteiger partial charge in [-0.05, 0) is 18.6 Å². The number of benzene rings is 1. The van der Waals surface area contributed by atoms with Gasteiger partial charge in [0, 0.05) is 26.1 Å². The fourth-order valence-electron chi connectivity index (χ4n) is 3.20. The van der Waals surface area contributed by atoms with Crippen LogP contribution in [0.4, 0.5) is 0 Å². The van der Waals surface area contributed by atoms with Gasteiger partial charge in [0.15, 0.2) is 0 Å². The Morgan fingerprint density at radius 3 is 2.68 bits per heavy atom. The molecule has 2 fully saturated rings. The number of nitrogens with zero attached hydrogens (tertiary/aromatic N) is 1. The maximum absolute atomic E-state index is 12.6. The highest BCUT2D eigenvalue weighted by Gasteiger charge is 2.46. The van der Waals surface area contributed by atoms with E-state index in [1.807, 2.05) is 0 Å². The largest absolute Gasteiger partial charge is 0.373 e. The summed E-state index contributed by atoms with van der Waals surface area (Å²) in [5.41, 5.74) is 0. The Kier molecular flexibility index (Phi) is 4.20. The molecule has 0 saturated carbocycles. The van der Waals surface area contributed by atoms with Crippen LogP contribution >= 0.6 is 0 Å². The molecule has 0 aliphatic carbocycles. The van der Waals surface area contributed by atoms with Gasteiger partial charge in [0.05, 0.1) is 23.5 Å². The maximum Gasteiger partial charge on any atom is 0.243 e. The summed E-state index contributed by atoms with van der Waals surface area (Å²) in [6, 6.07) is 8.46. The lowest BCUT2D eigenvalue weighted by Gasteiger charge is -2.19. The summed E-state index contributed by atoms with van der Waals surface area (Å²) in [5.74, 6) is 0.131. The average molecular weight is 324 g/mol. The minimum Gasteiger partial charge on any atom is -0.373 e. The first-order chi connectivity index (χ1) is 10.5. The van der Waals surface area contributed by atoms with Crippen molar-refractivity contribution >= 4 is 15.9 Å². The van der Waals surface area contributed by atoms with E-state index in [1.165, 1.54) is 4.31 Å². The van der Waals surface area contributed by atoms with Crippen LogP contribution in [0.5, 0.6) is 0 Å². The molecule has 2 aliphatic rings. The number of sulfonamides is 1. The Morgan fingerprint density at radius 2 is 2.05 bits per heavy atom. The smallest absolute Gasteiger partial charge is 0.243 e. The first kappa shape index (κ1) is 15.5. The van der Waals surface area contributed by atoms with Gasteiger partial charge >= 0.3 is 0 Å². The third-order valence-corrected chi connectivity index (χ3v) is 6.20. The molecule has 0 spiro atoms. The van der Waals surface area contributed by atoms with E-state index in [4.69, 9.17) is 4.74 Å². The summed E-state index contributed by atoms with van der Waals surface area (Å²) >= 11 is 0. The number of hydrogen-bond donors (Lipinski definition) is 1. The number of rotatable bonds is 4. The Labute approximate surface area is 130 Å². The molecule has 22 heavy (non-hydrogen) atoms. The van der Waals surface area contributed by atoms with Crippen LogP contribution in [-0.4, -0.2) is 51.0 Å². The Balaban J connectivity index is 1.65. The molecular formula is C15H20N2O4S. The predicted molar refractivity (Wildman–Crippen MR) is 80.7 cm³/mol. The van der Waals surface area contributed by atoms with E-state index in [-0.39, 0.29) is 24.0 Å². The molecule has 0 bridgehead atoms. The molecule has 0 aromatic heterocycles. The Hall–Kier alpha value is -1.44. The van der Waals surface area contributed by atoms with Gasteiger partial charge in [0.25, 0.3) is 0 Å². The van der Waals surface area contributed by atoms with Gasteiger partial charge in [-0.25, -0.2) is 8.42 Å². The van der Waals surface area contributed by atoms with E-state index in [9.17, 15) is 13.2 Å². The number of fused-ring (bicyclic) bond motifs is 1. The highest BCUT2D eigenvalue weighted by Crippen LogP contribution is 2.36. The molecule has 120 valence electrons. The van der Waals surface area contributed by atoms with Crippen LogP contribution < -0.4 is 5.32 Å². The second-order valence-electron chi connectivity index (χ2n) is 5.80. The molecule has 1 aromatic rings. The van der Waals surface area contributed by atoms with E-state index in [1.54, 1.807) is 37.4 Å². The van der Waals surface area contributed by atoms with Crippen LogP contribution in [0, 0.1) is 5.92 Å². The lowest BCUT2D eigenvalue weighted by Crippen LogP contribution is -2.32. The molecular weight excluding hydrogens is 304 g/mol. The van der Waals surface area contributed by atoms with Gasteiger partial charge in [0.2, 0.25) is 15.9 Å². The molecule has 2 saturated heterocycles. The molecule has 3 rings (SSSR count). The van der Waals surface area contributed by atoms with Gasteiger partial charge < -0.3 is 10.1 Å². The first-order valence-electron chi connectivity index (χ1n) is 7.42. The van der Waals surface area contributed by atoms with Crippen molar-refractivity contribution in [2.75, 3.05) is 20.1 Å². The summed E-state index contributed by atoms with van der Waals surface area (Å²) < 4.78 is 32.5. The van der Waals surface area contributed by atoms with Crippen LogP contribution in [0.3, 0.4) is 0 Å². The fourth-order valence-corrected chi connectivity index (χ4v) is 4.73. The SMILES string of the molecule is CNC(=O)C[C@@H]1C[C@@H]2CN(S(=O)(=O)c3ccccc3)C[C@@H]2O1. The van der Waals surface area contributed by atoms with Crippen LogP contribution in [-0.2, 0) is 19.6 Å². The highest BCUT2D eigenvalue weighted by atomic mass is 32.2. The van der Waals surface area contributed by atoms with E-state index in [0.717, 1.165) is 6.42 Å². The van der Waals surface area contributed by atoms with Gasteiger partial charge in [0.1, 0.15) is 0 Å². The van der Waals surface area contributed by atoms with Crippen molar-refractivity contribution < 1.29 is 17.9 Å². The molecule has 2 aliphatic heterocycles. The van der Waals surface area contributed by atoms with Crippen molar-refractivity contribution in [3.63, 3.8) is 0 Å². The molecule has 7 heteroatoms. The number of amides is 1. The molecule has 0 unspecified atom stereocenters. The van der Waals surface area contributed by atoms with Crippen LogP contribution in [0.25, 0.3) is 0 Å². The van der Waals surface area contributed by atoms with Gasteiger partial charge in [-0.2, -0.15) is 4.31 Å². The zero-order chi connectivity index (χ0) is 15.7. The molecule has 6 nitrogen and oxygen atoms in total. The topological polar surface area (TPSA) is 75.7 Å². The highest BCUT2D eigenvalue weighted by molar-refractivity contribution is 7.89. The fraction of sp³-hybridized carbons (Fsp3) is 0.533. The number of hydrogen-bond acceptors (Lipinski definition) is 4. The summed E-state index contributed by atoms with van der Waals surface area (Å²) in [6.45, 7) is 0.832. The molecule has 2 heterocycles. The van der Waals surface area contributed by atoms with Gasteiger partial charge in [-0.15, -0.1) is 0 Å². The third kappa shape index (κ3) is 2.88. The number of carbonyl (C=O) groups is 1. The first-order valence-corrected chi connectivity index (χ1v) is 8.86. The average Bonchev–Trinajstić information content (AvgIpc) is 3.06. The maximum atomic E-state index is 12.6. The van der Waals surface area contributed by atoms with Crippen molar-refractivity contribution in [1.29, 1.82) is 0 Å². The Bertz CT molecular complexity index is 633. The predicted octanol–water partition coefficient (Wildman–Crippen LogP) is 0.601. The van der Waals surface area contributed by atoms with Crippen LogP contribution in [0.15, 0.2) is 35.2 Å². The molecule has 3 atom stereocenters. The molecule has 0 radical (unpaired) electrons. The van der Waals surface area contributed by atoms with Crippen molar-refractivity contribution in [1.82, 2.24) is 9.62 Å². The molecule has 1 amide bonds. The second kappa shape index (κ2) is 5.98. The van der Waals surface area contributed by atoms with Crippen LogP contribution in [0.2, 0.25) is 0 Å². The summed E-state index contributed by atoms with van der Waals surface area (Å²) in [4.78, 5) is 11.7. The minimum absolute atomic E-state index is 0.0428. The number of ether oxygens (including phenoxy) is 1. The molecule has 1 N–H and O–H groups in total. The Morgan fingerprint density at radius 1 is 1.32 bits per heavy atom. The van der Waals surface area contributed by atoms with E-state index >= 15 is 0 Å². The lowest BCUT2D eigenvalue weighted by atomic mass is 10.0. The quantitative estimate of drug-likeness (QED) is 0.880. The zero-order valence-electron chi connectivity index (χ0n) is 12.4. The van der Waals surface area contributed by atoms with E-state index in [2.05, 4.69) is 5.32 Å². The summed E-state index contributed by atoms with van der Waals surface area (Å²) in [7, 11) is -1.85. The standard InChI is InChI=1S/C15H20N2O4S/c1-16-15(18)8-12-7-11-9-17(10-14(11)21-12)22(19,20)13-5-3-2-4-6-13/h2-6,11-12,14H,7-10H2,1H3,(H,16,18)/t11-,12+,14+/m1/s1. The van der Waals surface area contributed by atoms with Crippen molar-refractivity contribution in [3.05, 3.63) is 30.3 Å². The van der Waals surface area contributed by atoms with Crippen molar-refractivity contribution in [3.8, 4) is 0 Å². The summed E-state index contributed by atoms with van der Waals surface area (Å²) in [6.07, 6.45) is 0.873. The normalized spacial score (nSPS) is 28.5. The summed E-state index contributed by atoms with van der Waals surface area (Å²) in [5, 5.41) is 2.59.